The first kappa shape index (κ1) is 16.2. The highest BCUT2D eigenvalue weighted by molar-refractivity contribution is 5.66. The molecule has 3 aliphatic heterocycles. The maximum atomic E-state index is 11.3. The lowest BCUT2D eigenvalue weighted by atomic mass is 9.95. The van der Waals surface area contributed by atoms with Crippen LogP contribution in [-0.4, -0.2) is 60.9 Å². The summed E-state index contributed by atoms with van der Waals surface area (Å²) < 4.78 is 23.3. The molecular formula is C16H26O6. The summed E-state index contributed by atoms with van der Waals surface area (Å²) in [5.41, 5.74) is 0. The molecule has 0 aliphatic carbocycles. The molecule has 0 bridgehead atoms. The fourth-order valence-corrected chi connectivity index (χ4v) is 3.78. The van der Waals surface area contributed by atoms with Crippen molar-refractivity contribution in [3.8, 4) is 0 Å². The van der Waals surface area contributed by atoms with Crippen LogP contribution in [0.3, 0.4) is 0 Å². The lowest BCUT2D eigenvalue weighted by molar-refractivity contribution is -0.191. The summed E-state index contributed by atoms with van der Waals surface area (Å²) in [6, 6.07) is 0. The van der Waals surface area contributed by atoms with Gasteiger partial charge in [0.25, 0.3) is 0 Å². The normalized spacial score (nSPS) is 43.0. The maximum absolute atomic E-state index is 11.3. The number of aliphatic hydroxyl groups excluding tert-OH is 1. The Hall–Kier alpha value is -0.690. The third kappa shape index (κ3) is 3.79. The molecule has 0 aromatic carbocycles. The van der Waals surface area contributed by atoms with E-state index in [0.29, 0.717) is 26.1 Å². The molecule has 6 heteroatoms. The lowest BCUT2D eigenvalue weighted by Crippen LogP contribution is -2.47. The summed E-state index contributed by atoms with van der Waals surface area (Å²) in [7, 11) is 0. The van der Waals surface area contributed by atoms with Crippen molar-refractivity contribution >= 4 is 5.97 Å². The van der Waals surface area contributed by atoms with Gasteiger partial charge in [0.2, 0.25) is 0 Å². The molecule has 0 aromatic heterocycles. The van der Waals surface area contributed by atoms with Crippen LogP contribution in [0.15, 0.2) is 0 Å². The van der Waals surface area contributed by atoms with Crippen molar-refractivity contribution in [2.24, 2.45) is 0 Å². The minimum absolute atomic E-state index is 0.00805. The number of hydrogen-bond donors (Lipinski definition) is 1. The van der Waals surface area contributed by atoms with Crippen molar-refractivity contribution < 1.29 is 28.8 Å². The Kier molecular flexibility index (Phi) is 5.33. The van der Waals surface area contributed by atoms with Crippen molar-refractivity contribution in [3.05, 3.63) is 0 Å². The monoisotopic (exact) mass is 314 g/mol. The predicted molar refractivity (Wildman–Crippen MR) is 77.4 cm³/mol. The van der Waals surface area contributed by atoms with E-state index in [0.717, 1.165) is 25.7 Å². The van der Waals surface area contributed by atoms with Crippen molar-refractivity contribution in [2.75, 3.05) is 13.2 Å². The van der Waals surface area contributed by atoms with Gasteiger partial charge in [-0.1, -0.05) is 0 Å². The van der Waals surface area contributed by atoms with Gasteiger partial charge in [0, 0.05) is 33.0 Å². The van der Waals surface area contributed by atoms with Gasteiger partial charge in [0.15, 0.2) is 0 Å². The average Bonchev–Trinajstić information content (AvgIpc) is 2.53. The van der Waals surface area contributed by atoms with Gasteiger partial charge in [-0.2, -0.15) is 0 Å². The smallest absolute Gasteiger partial charge is 0.302 e. The van der Waals surface area contributed by atoms with Gasteiger partial charge < -0.3 is 24.1 Å². The number of ether oxygens (including phenoxy) is 4. The van der Waals surface area contributed by atoms with Crippen LogP contribution in [0, 0.1) is 0 Å². The second kappa shape index (κ2) is 7.25. The van der Waals surface area contributed by atoms with Crippen molar-refractivity contribution in [3.63, 3.8) is 0 Å². The molecule has 1 N–H and O–H groups in total. The first-order valence-electron chi connectivity index (χ1n) is 8.37. The van der Waals surface area contributed by atoms with Crippen LogP contribution in [0.2, 0.25) is 0 Å². The van der Waals surface area contributed by atoms with Crippen LogP contribution >= 0.6 is 0 Å². The van der Waals surface area contributed by atoms with Gasteiger partial charge >= 0.3 is 5.97 Å². The fraction of sp³-hybridized carbons (Fsp3) is 0.938. The second-order valence-electron chi connectivity index (χ2n) is 6.51. The molecule has 3 fully saturated rings. The Balaban J connectivity index is 1.79. The van der Waals surface area contributed by atoms with Crippen molar-refractivity contribution in [1.82, 2.24) is 0 Å². The molecule has 22 heavy (non-hydrogen) atoms. The zero-order valence-corrected chi connectivity index (χ0v) is 13.1. The van der Waals surface area contributed by atoms with E-state index in [9.17, 15) is 9.90 Å². The highest BCUT2D eigenvalue weighted by Gasteiger charge is 2.41. The van der Waals surface area contributed by atoms with Crippen LogP contribution in [0.5, 0.6) is 0 Å². The second-order valence-corrected chi connectivity index (χ2v) is 6.51. The number of aliphatic hydroxyl groups is 1. The molecule has 1 unspecified atom stereocenters. The molecule has 126 valence electrons. The lowest BCUT2D eigenvalue weighted by Gasteiger charge is -2.38. The SMILES string of the molecule is CC(=O)O[C@H]1CC(O)[C@H]2OCCC[C@@H]2O[C@@H]2CCCO[C@H]2C1. The standard InChI is InChI=1S/C16H26O6/c1-10(17)21-11-8-12(18)16-14(5-3-7-20-16)22-13-4-2-6-19-15(13)9-11/h11-16,18H,2-9H2,1H3/t11-,12?,13+,14-,15-,16+/m0/s1. The molecule has 0 aromatic rings. The quantitative estimate of drug-likeness (QED) is 0.733. The molecule has 6 nitrogen and oxygen atoms in total. The minimum Gasteiger partial charge on any atom is -0.462 e. The van der Waals surface area contributed by atoms with Crippen LogP contribution in [0.25, 0.3) is 0 Å². The largest absolute Gasteiger partial charge is 0.462 e. The highest BCUT2D eigenvalue weighted by Crippen LogP contribution is 2.32. The molecule has 0 amide bonds. The van der Waals surface area contributed by atoms with E-state index >= 15 is 0 Å². The van der Waals surface area contributed by atoms with Crippen LogP contribution in [0.1, 0.15) is 45.4 Å². The highest BCUT2D eigenvalue weighted by atomic mass is 16.6. The Morgan fingerprint density at radius 3 is 2.55 bits per heavy atom. The Labute approximate surface area is 131 Å². The fourth-order valence-electron chi connectivity index (χ4n) is 3.78. The van der Waals surface area contributed by atoms with Crippen LogP contribution in [-0.2, 0) is 23.7 Å². The third-order valence-electron chi connectivity index (χ3n) is 4.75. The number of esters is 1. The predicted octanol–water partition coefficient (Wildman–Crippen LogP) is 1.18. The van der Waals surface area contributed by atoms with E-state index < -0.39 is 6.10 Å². The van der Waals surface area contributed by atoms with Gasteiger partial charge in [-0.25, -0.2) is 0 Å². The van der Waals surface area contributed by atoms with Crippen LogP contribution in [0.4, 0.5) is 0 Å². The van der Waals surface area contributed by atoms with Gasteiger partial charge in [0.1, 0.15) is 12.2 Å². The van der Waals surface area contributed by atoms with Gasteiger partial charge in [0.05, 0.1) is 24.4 Å². The Bertz CT molecular complexity index is 387. The third-order valence-corrected chi connectivity index (χ3v) is 4.75. The summed E-state index contributed by atoms with van der Waals surface area (Å²) >= 11 is 0. The van der Waals surface area contributed by atoms with Crippen LogP contribution < -0.4 is 0 Å². The molecule has 3 aliphatic rings. The summed E-state index contributed by atoms with van der Waals surface area (Å²) in [6.07, 6.45) is 3.12. The van der Waals surface area contributed by atoms with E-state index in [2.05, 4.69) is 0 Å². The number of carbonyl (C=O) groups excluding carboxylic acids is 1. The number of hydrogen-bond acceptors (Lipinski definition) is 6. The number of rotatable bonds is 1. The van der Waals surface area contributed by atoms with E-state index in [1.54, 1.807) is 0 Å². The molecule has 0 saturated carbocycles. The maximum Gasteiger partial charge on any atom is 0.302 e. The first-order chi connectivity index (χ1) is 10.6. The zero-order chi connectivity index (χ0) is 15.5. The topological polar surface area (TPSA) is 74.2 Å². The van der Waals surface area contributed by atoms with E-state index in [1.807, 2.05) is 0 Å². The van der Waals surface area contributed by atoms with Gasteiger partial charge in [-0.3, -0.25) is 4.79 Å². The molecule has 3 heterocycles. The number of fused-ring (bicyclic) bond motifs is 2. The van der Waals surface area contributed by atoms with E-state index in [1.165, 1.54) is 6.92 Å². The molecule has 3 rings (SSSR count). The summed E-state index contributed by atoms with van der Waals surface area (Å²) in [5.74, 6) is -0.328. The number of carbonyl (C=O) groups is 1. The zero-order valence-electron chi connectivity index (χ0n) is 13.1. The van der Waals surface area contributed by atoms with Crippen molar-refractivity contribution in [1.29, 1.82) is 0 Å². The Morgan fingerprint density at radius 1 is 1.05 bits per heavy atom. The first-order valence-corrected chi connectivity index (χ1v) is 8.37. The van der Waals surface area contributed by atoms with E-state index in [-0.39, 0.29) is 36.5 Å². The Morgan fingerprint density at radius 2 is 1.77 bits per heavy atom. The van der Waals surface area contributed by atoms with Gasteiger partial charge in [-0.05, 0) is 25.7 Å². The summed E-state index contributed by atoms with van der Waals surface area (Å²) in [5, 5.41) is 10.5. The average molecular weight is 314 g/mol. The minimum atomic E-state index is -0.685. The van der Waals surface area contributed by atoms with Crippen molar-refractivity contribution in [2.45, 2.75) is 82.1 Å². The summed E-state index contributed by atoms with van der Waals surface area (Å²) in [6.45, 7) is 2.75. The molecule has 0 radical (unpaired) electrons. The molecule has 3 saturated heterocycles. The van der Waals surface area contributed by atoms with E-state index in [4.69, 9.17) is 18.9 Å². The molecule has 6 atom stereocenters. The van der Waals surface area contributed by atoms with Gasteiger partial charge in [-0.15, -0.1) is 0 Å². The summed E-state index contributed by atoms with van der Waals surface area (Å²) in [4.78, 5) is 11.3. The molecular weight excluding hydrogens is 288 g/mol. The molecule has 0 spiro atoms.